The van der Waals surface area contributed by atoms with Gasteiger partial charge in [-0.3, -0.25) is 0 Å². The molecule has 3 aromatic rings. The molecule has 46 heavy (non-hydrogen) atoms. The van der Waals surface area contributed by atoms with Gasteiger partial charge in [-0.1, -0.05) is 118 Å². The molecule has 238 valence electrons. The van der Waals surface area contributed by atoms with Crippen molar-refractivity contribution in [2.75, 3.05) is 0 Å². The molecule has 3 aliphatic rings. The van der Waals surface area contributed by atoms with Gasteiger partial charge < -0.3 is 24.8 Å². The molecule has 0 heterocycles. The summed E-state index contributed by atoms with van der Waals surface area (Å²) in [6.45, 7) is 19.7. The van der Waals surface area contributed by atoms with Crippen LogP contribution in [0.5, 0.6) is 0 Å². The maximum absolute atomic E-state index is 3.98. The van der Waals surface area contributed by atoms with Crippen molar-refractivity contribution in [3.05, 3.63) is 147 Å². The van der Waals surface area contributed by atoms with E-state index < -0.39 is 16.1 Å². The number of fused-ring (bicyclic) bond motifs is 2. The molecule has 0 aromatic heterocycles. The Morgan fingerprint density at radius 3 is 1.89 bits per heavy atom. The van der Waals surface area contributed by atoms with Gasteiger partial charge in [-0.05, 0) is 17.9 Å². The number of hydrogen-bond donors (Lipinski definition) is 0. The van der Waals surface area contributed by atoms with Gasteiger partial charge in [0, 0.05) is 0 Å². The standard InChI is InChI=1S/C28H37Si2.C13H10.2ClH.Zr/c1-9-20-17-22-19-24-23(26(22)25(18-20)29(3,4)5)15-16-28(10-2,30(6,7)8)27(24)21-13-11-12-14-21;1-3-7-12(8-4-1)11-13-9-5-2-6-10-13;;;/h11-13,15-18H,9-10,14H2,1-8H3;1-10H;2*1H;/q-1;;;;+2/p-2. The van der Waals surface area contributed by atoms with E-state index in [0.717, 1.165) is 12.8 Å². The maximum atomic E-state index is 3.98. The van der Waals surface area contributed by atoms with E-state index in [-0.39, 0.29) is 29.9 Å². The molecule has 0 saturated heterocycles. The summed E-state index contributed by atoms with van der Waals surface area (Å²) in [4.78, 5) is 0. The number of halogens is 2. The van der Waals surface area contributed by atoms with E-state index >= 15 is 0 Å². The van der Waals surface area contributed by atoms with Crippen LogP contribution in [-0.2, 0) is 30.7 Å². The third-order valence-electron chi connectivity index (χ3n) is 9.56. The van der Waals surface area contributed by atoms with Crippen LogP contribution in [0.3, 0.4) is 0 Å². The zero-order chi connectivity index (χ0) is 31.7. The Balaban J connectivity index is 0.000000304. The fraction of sp³-hybridized carbons (Fsp3) is 0.293. The summed E-state index contributed by atoms with van der Waals surface area (Å²) in [7, 11) is -3.01. The van der Waals surface area contributed by atoms with Gasteiger partial charge in [0.25, 0.3) is 0 Å². The molecular formula is C41H47Cl2Si2Zr-. The number of aryl methyl sites for hydroxylation is 1. The Kier molecular flexibility index (Phi) is 13.1. The first-order valence-electron chi connectivity index (χ1n) is 16.2. The van der Waals surface area contributed by atoms with Crippen molar-refractivity contribution in [2.24, 2.45) is 0 Å². The quantitative estimate of drug-likeness (QED) is 0.257. The van der Waals surface area contributed by atoms with Crippen LogP contribution >= 0.6 is 0 Å². The predicted octanol–water partition coefficient (Wildman–Crippen LogP) is 2.67. The van der Waals surface area contributed by atoms with Gasteiger partial charge in [-0.2, -0.15) is 0 Å². The molecule has 0 bridgehead atoms. The number of hydrogen-bond acceptors (Lipinski definition) is 0. The Labute approximate surface area is 307 Å². The van der Waals surface area contributed by atoms with Gasteiger partial charge in [0.05, 0.1) is 16.1 Å². The number of allylic oxidation sites excluding steroid dienone is 8. The molecule has 1 atom stereocenters. The van der Waals surface area contributed by atoms with Crippen LogP contribution in [0.4, 0.5) is 0 Å². The molecule has 1 unspecified atom stereocenters. The Hall–Kier alpha value is -1.87. The van der Waals surface area contributed by atoms with Gasteiger partial charge in [-0.15, -0.1) is 33.7 Å². The molecule has 0 aliphatic heterocycles. The summed E-state index contributed by atoms with van der Waals surface area (Å²) in [5.41, 5.74) is 10.1. The van der Waals surface area contributed by atoms with Crippen molar-refractivity contribution in [1.29, 1.82) is 0 Å². The molecule has 0 saturated carbocycles. The fourth-order valence-electron chi connectivity index (χ4n) is 7.02. The molecule has 0 fully saturated rings. The third kappa shape index (κ3) is 7.55. The van der Waals surface area contributed by atoms with Crippen molar-refractivity contribution in [1.82, 2.24) is 0 Å². The molecule has 6 rings (SSSR count). The van der Waals surface area contributed by atoms with E-state index in [1.165, 1.54) is 77.7 Å². The summed E-state index contributed by atoms with van der Waals surface area (Å²) in [6.07, 6.45) is 19.3. The second kappa shape index (κ2) is 15.6. The first-order chi connectivity index (χ1) is 20.9. The van der Waals surface area contributed by atoms with Crippen LogP contribution in [-0.4, -0.2) is 19.4 Å². The van der Waals surface area contributed by atoms with Gasteiger partial charge in [0.1, 0.15) is 0 Å². The van der Waals surface area contributed by atoms with E-state index in [0.29, 0.717) is 0 Å². The summed E-state index contributed by atoms with van der Waals surface area (Å²) in [5, 5.41) is 4.61. The number of rotatable bonds is 7. The van der Waals surface area contributed by atoms with Crippen molar-refractivity contribution >= 4 is 36.2 Å². The summed E-state index contributed by atoms with van der Waals surface area (Å²) < 4.78 is 1.42. The Morgan fingerprint density at radius 1 is 0.848 bits per heavy atom. The molecular weight excluding hydrogens is 711 g/mol. The molecule has 0 amide bonds. The van der Waals surface area contributed by atoms with Crippen molar-refractivity contribution in [2.45, 2.75) is 77.4 Å². The van der Waals surface area contributed by atoms with E-state index in [2.05, 4.69) is 162 Å². The Morgan fingerprint density at radius 2 is 1.43 bits per heavy atom. The SMILES string of the molecule is CCc1cc([Si](C)(C)C)c2c(c1)=[C-]C1=C(C3=CC=CC3)C(CC)([Si](C)(C)C)C=CC=21.[Cl-].[Cl-].[Zr+2]=[C](c1ccccc1)c1ccccc1. The number of benzene rings is 3. The van der Waals surface area contributed by atoms with E-state index in [9.17, 15) is 0 Å². The van der Waals surface area contributed by atoms with Crippen LogP contribution in [0.25, 0.3) is 11.6 Å². The summed E-state index contributed by atoms with van der Waals surface area (Å²) in [5.74, 6) is 0. The van der Waals surface area contributed by atoms with Crippen LogP contribution < -0.4 is 40.4 Å². The minimum absolute atomic E-state index is 0. The van der Waals surface area contributed by atoms with Gasteiger partial charge in [-0.25, -0.2) is 0 Å². The molecule has 3 aliphatic carbocycles. The second-order valence-electron chi connectivity index (χ2n) is 14.3. The zero-order valence-electron chi connectivity index (χ0n) is 28.7. The monoisotopic (exact) mass is 755 g/mol. The molecule has 5 heteroatoms. The van der Waals surface area contributed by atoms with E-state index in [1.807, 2.05) is 0 Å². The first kappa shape index (κ1) is 38.6. The molecule has 0 N–H and O–H groups in total. The van der Waals surface area contributed by atoms with Crippen molar-refractivity contribution in [3.63, 3.8) is 0 Å². The molecule has 3 aromatic carbocycles. The zero-order valence-corrected chi connectivity index (χ0v) is 34.7. The second-order valence-corrected chi connectivity index (χ2v) is 26.0. The first-order valence-corrected chi connectivity index (χ1v) is 24.5. The normalized spacial score (nSPS) is 18.0. The molecule has 0 radical (unpaired) electrons. The van der Waals surface area contributed by atoms with Crippen molar-refractivity contribution in [3.8, 4) is 0 Å². The summed E-state index contributed by atoms with van der Waals surface area (Å²) >= 11 is 1.46. The predicted molar refractivity (Wildman–Crippen MR) is 195 cm³/mol. The van der Waals surface area contributed by atoms with Gasteiger partial charge in [0.2, 0.25) is 0 Å². The van der Waals surface area contributed by atoms with Gasteiger partial charge in [0.15, 0.2) is 0 Å². The van der Waals surface area contributed by atoms with Crippen LogP contribution in [0, 0.1) is 0 Å². The minimum atomic E-state index is -1.53. The van der Waals surface area contributed by atoms with E-state index in [1.54, 1.807) is 10.8 Å². The molecule has 0 nitrogen and oxygen atoms in total. The molecule has 0 spiro atoms. The van der Waals surface area contributed by atoms with E-state index in [4.69, 9.17) is 0 Å². The summed E-state index contributed by atoms with van der Waals surface area (Å²) in [6, 6.07) is 26.0. The van der Waals surface area contributed by atoms with Gasteiger partial charge >= 0.3 is 99.2 Å². The topological polar surface area (TPSA) is 0 Å². The average molecular weight is 758 g/mol. The Bertz CT molecular complexity index is 1780. The fourth-order valence-corrected chi connectivity index (χ4v) is 12.2. The average Bonchev–Trinajstić information content (AvgIpc) is 3.68. The van der Waals surface area contributed by atoms with Crippen LogP contribution in [0.1, 0.15) is 43.4 Å². The van der Waals surface area contributed by atoms with Crippen LogP contribution in [0.2, 0.25) is 44.3 Å². The van der Waals surface area contributed by atoms with Crippen LogP contribution in [0.15, 0.2) is 120 Å². The van der Waals surface area contributed by atoms with Crippen molar-refractivity contribution < 1.29 is 49.0 Å². The third-order valence-corrected chi connectivity index (χ3v) is 16.4.